The van der Waals surface area contributed by atoms with E-state index in [0.717, 1.165) is 6.42 Å². The lowest BCUT2D eigenvalue weighted by Crippen LogP contribution is -2.20. The van der Waals surface area contributed by atoms with E-state index >= 15 is 0 Å². The maximum atomic E-state index is 11.4. The van der Waals surface area contributed by atoms with Gasteiger partial charge in [0.1, 0.15) is 0 Å². The molecule has 0 spiro atoms. The van der Waals surface area contributed by atoms with Crippen LogP contribution in [-0.4, -0.2) is 24.9 Å². The van der Waals surface area contributed by atoms with Crippen LogP contribution in [0.4, 0.5) is 0 Å². The van der Waals surface area contributed by atoms with Crippen molar-refractivity contribution >= 4 is 5.91 Å². The van der Waals surface area contributed by atoms with E-state index in [0.29, 0.717) is 6.42 Å². The van der Waals surface area contributed by atoms with Crippen molar-refractivity contribution in [1.29, 1.82) is 0 Å². The van der Waals surface area contributed by atoms with Crippen LogP contribution in [0.3, 0.4) is 0 Å². The van der Waals surface area contributed by atoms with Crippen molar-refractivity contribution in [1.82, 2.24) is 4.90 Å². The molecule has 118 valence electrons. The highest BCUT2D eigenvalue weighted by Gasteiger charge is 2.02. The molecule has 0 aromatic rings. The van der Waals surface area contributed by atoms with E-state index in [1.54, 1.807) is 4.90 Å². The molecule has 0 saturated carbocycles. The van der Waals surface area contributed by atoms with E-state index in [1.807, 2.05) is 14.1 Å². The zero-order valence-corrected chi connectivity index (χ0v) is 14.0. The summed E-state index contributed by atoms with van der Waals surface area (Å²) < 4.78 is 0. The Morgan fingerprint density at radius 1 is 0.800 bits per heavy atom. The highest BCUT2D eigenvalue weighted by Crippen LogP contribution is 2.09. The first-order valence-electron chi connectivity index (χ1n) is 8.53. The first-order valence-corrected chi connectivity index (χ1v) is 8.53. The molecule has 0 bridgehead atoms. The molecule has 0 aromatic heterocycles. The molecule has 0 aromatic carbocycles. The Morgan fingerprint density at radius 2 is 1.30 bits per heavy atom. The van der Waals surface area contributed by atoms with E-state index in [-0.39, 0.29) is 5.91 Å². The van der Waals surface area contributed by atoms with Crippen LogP contribution in [0.5, 0.6) is 0 Å². The summed E-state index contributed by atoms with van der Waals surface area (Å²) >= 11 is 0. The summed E-state index contributed by atoms with van der Waals surface area (Å²) in [6, 6.07) is 0. The Kier molecular flexibility index (Phi) is 14.0. The molecule has 0 fully saturated rings. The molecule has 2 nitrogen and oxygen atoms in total. The lowest BCUT2D eigenvalue weighted by Gasteiger charge is -2.09. The van der Waals surface area contributed by atoms with Crippen LogP contribution >= 0.6 is 0 Å². The minimum Gasteiger partial charge on any atom is -0.349 e. The maximum Gasteiger partial charge on any atom is 0.222 e. The van der Waals surface area contributed by atoms with Gasteiger partial charge in [-0.05, 0) is 32.1 Å². The lowest BCUT2D eigenvalue weighted by atomic mass is 10.1. The standard InChI is InChI=1S/C18H35NO/c1-4-5-6-7-8-9-10-11-12-13-14-15-16-17-18(20)19(2)3/h9-10H,4-8,11-17H2,1-3H3. The second-order valence-electron chi connectivity index (χ2n) is 5.92. The Labute approximate surface area is 126 Å². The number of nitrogens with zero attached hydrogens (tertiary/aromatic N) is 1. The summed E-state index contributed by atoms with van der Waals surface area (Å²) in [4.78, 5) is 13.0. The van der Waals surface area contributed by atoms with Crippen LogP contribution in [0.25, 0.3) is 0 Å². The van der Waals surface area contributed by atoms with E-state index in [4.69, 9.17) is 0 Å². The Balaban J connectivity index is 3.16. The quantitative estimate of drug-likeness (QED) is 0.330. The van der Waals surface area contributed by atoms with Crippen molar-refractivity contribution < 1.29 is 4.79 Å². The van der Waals surface area contributed by atoms with Crippen LogP contribution in [0.1, 0.15) is 84.0 Å². The van der Waals surface area contributed by atoms with Crippen molar-refractivity contribution in [2.45, 2.75) is 84.0 Å². The summed E-state index contributed by atoms with van der Waals surface area (Å²) in [7, 11) is 3.66. The smallest absolute Gasteiger partial charge is 0.222 e. The number of rotatable bonds is 13. The first kappa shape index (κ1) is 19.2. The topological polar surface area (TPSA) is 20.3 Å². The van der Waals surface area contributed by atoms with Crippen LogP contribution in [0.2, 0.25) is 0 Å². The van der Waals surface area contributed by atoms with Crippen LogP contribution < -0.4 is 0 Å². The number of carbonyl (C=O) groups excluding carboxylic acids is 1. The molecule has 0 radical (unpaired) electrons. The highest BCUT2D eigenvalue weighted by atomic mass is 16.2. The van der Waals surface area contributed by atoms with Crippen molar-refractivity contribution in [3.63, 3.8) is 0 Å². The molecule has 0 unspecified atom stereocenters. The Hall–Kier alpha value is -0.790. The average Bonchev–Trinajstić information content (AvgIpc) is 2.43. The second-order valence-corrected chi connectivity index (χ2v) is 5.92. The number of amides is 1. The molecule has 0 saturated heterocycles. The summed E-state index contributed by atoms with van der Waals surface area (Å²) in [5.41, 5.74) is 0. The van der Waals surface area contributed by atoms with Crippen LogP contribution in [0, 0.1) is 0 Å². The maximum absolute atomic E-state index is 11.4. The molecule has 0 aliphatic carbocycles. The monoisotopic (exact) mass is 281 g/mol. The SMILES string of the molecule is CCCCCCC=CCCCCCCCC(=O)N(C)C. The average molecular weight is 281 g/mol. The summed E-state index contributed by atoms with van der Waals surface area (Å²) in [6.45, 7) is 2.26. The third kappa shape index (κ3) is 13.6. The summed E-state index contributed by atoms with van der Waals surface area (Å²) in [6.07, 6.45) is 19.4. The van der Waals surface area contributed by atoms with Gasteiger partial charge in [-0.15, -0.1) is 0 Å². The molecule has 0 N–H and O–H groups in total. The summed E-state index contributed by atoms with van der Waals surface area (Å²) in [5, 5.41) is 0. The second kappa shape index (κ2) is 14.6. The van der Waals surface area contributed by atoms with Gasteiger partial charge >= 0.3 is 0 Å². The molecule has 0 heterocycles. The van der Waals surface area contributed by atoms with Crippen LogP contribution in [0.15, 0.2) is 12.2 Å². The highest BCUT2D eigenvalue weighted by molar-refractivity contribution is 5.75. The minimum atomic E-state index is 0.260. The summed E-state index contributed by atoms with van der Waals surface area (Å²) in [5.74, 6) is 0.260. The normalized spacial score (nSPS) is 11.2. The van der Waals surface area contributed by atoms with Gasteiger partial charge in [0, 0.05) is 20.5 Å². The van der Waals surface area contributed by atoms with Gasteiger partial charge in [-0.25, -0.2) is 0 Å². The molecular formula is C18H35NO. The molecule has 0 rings (SSSR count). The van der Waals surface area contributed by atoms with Gasteiger partial charge in [-0.2, -0.15) is 0 Å². The van der Waals surface area contributed by atoms with Crippen LogP contribution in [-0.2, 0) is 4.79 Å². The number of hydrogen-bond donors (Lipinski definition) is 0. The van der Waals surface area contributed by atoms with E-state index in [1.165, 1.54) is 64.2 Å². The van der Waals surface area contributed by atoms with E-state index in [2.05, 4.69) is 19.1 Å². The lowest BCUT2D eigenvalue weighted by molar-refractivity contribution is -0.128. The Bertz CT molecular complexity index is 246. The molecule has 2 heteroatoms. The van der Waals surface area contributed by atoms with Crippen molar-refractivity contribution in [2.24, 2.45) is 0 Å². The zero-order chi connectivity index (χ0) is 15.1. The van der Waals surface area contributed by atoms with Gasteiger partial charge in [-0.1, -0.05) is 57.6 Å². The zero-order valence-electron chi connectivity index (χ0n) is 14.0. The van der Waals surface area contributed by atoms with Crippen molar-refractivity contribution in [2.75, 3.05) is 14.1 Å². The van der Waals surface area contributed by atoms with Gasteiger partial charge in [0.15, 0.2) is 0 Å². The van der Waals surface area contributed by atoms with Crippen molar-refractivity contribution in [3.8, 4) is 0 Å². The van der Waals surface area contributed by atoms with Gasteiger partial charge in [0.2, 0.25) is 5.91 Å². The molecule has 0 atom stereocenters. The fourth-order valence-corrected chi connectivity index (χ4v) is 2.22. The fraction of sp³-hybridized carbons (Fsp3) is 0.833. The third-order valence-electron chi connectivity index (χ3n) is 3.65. The number of unbranched alkanes of at least 4 members (excludes halogenated alkanes) is 9. The van der Waals surface area contributed by atoms with Crippen molar-refractivity contribution in [3.05, 3.63) is 12.2 Å². The molecule has 0 aliphatic heterocycles. The predicted octanol–water partition coefficient (Wildman–Crippen LogP) is 5.33. The van der Waals surface area contributed by atoms with Gasteiger partial charge in [0.05, 0.1) is 0 Å². The molecule has 0 aliphatic rings. The third-order valence-corrected chi connectivity index (χ3v) is 3.65. The number of carbonyl (C=O) groups is 1. The number of allylic oxidation sites excluding steroid dienone is 2. The predicted molar refractivity (Wildman–Crippen MR) is 88.9 cm³/mol. The van der Waals surface area contributed by atoms with Gasteiger partial charge < -0.3 is 4.90 Å². The molecule has 20 heavy (non-hydrogen) atoms. The molecular weight excluding hydrogens is 246 g/mol. The van der Waals surface area contributed by atoms with E-state index in [9.17, 15) is 4.79 Å². The first-order chi connectivity index (χ1) is 9.68. The number of hydrogen-bond acceptors (Lipinski definition) is 1. The van der Waals surface area contributed by atoms with E-state index < -0.39 is 0 Å². The fourth-order valence-electron chi connectivity index (χ4n) is 2.22. The minimum absolute atomic E-state index is 0.260. The largest absolute Gasteiger partial charge is 0.349 e. The van der Waals surface area contributed by atoms with Gasteiger partial charge in [-0.3, -0.25) is 4.79 Å². The van der Waals surface area contributed by atoms with Gasteiger partial charge in [0.25, 0.3) is 0 Å². The Morgan fingerprint density at radius 3 is 1.85 bits per heavy atom. The molecule has 1 amide bonds.